The maximum Gasteiger partial charge on any atom is 0.0233 e. The van der Waals surface area contributed by atoms with Crippen LogP contribution in [0.15, 0.2) is 24.3 Å². The van der Waals surface area contributed by atoms with Crippen molar-refractivity contribution >= 4 is 22.6 Å². The molecule has 0 bridgehead atoms. The predicted molar refractivity (Wildman–Crippen MR) is 75.0 cm³/mol. The number of benzene rings is 1. The largest absolute Gasteiger partial charge is 0.299 e. The van der Waals surface area contributed by atoms with Crippen LogP contribution in [0.25, 0.3) is 0 Å². The summed E-state index contributed by atoms with van der Waals surface area (Å²) in [6.07, 6.45) is 2.47. The summed E-state index contributed by atoms with van der Waals surface area (Å²) in [6.45, 7) is 5.58. The van der Waals surface area contributed by atoms with Crippen LogP contribution in [0.3, 0.4) is 0 Å². The molecule has 0 aliphatic rings. The van der Waals surface area contributed by atoms with Crippen LogP contribution >= 0.6 is 22.6 Å². The van der Waals surface area contributed by atoms with Gasteiger partial charge in [-0.3, -0.25) is 4.90 Å². The molecule has 0 aromatic heterocycles. The van der Waals surface area contributed by atoms with E-state index in [2.05, 4.69) is 72.7 Å². The minimum absolute atomic E-state index is 0.712. The van der Waals surface area contributed by atoms with E-state index in [1.54, 1.807) is 0 Å². The molecule has 0 fully saturated rings. The predicted octanol–water partition coefficient (Wildman–Crippen LogP) is 3.91. The molecule has 0 saturated heterocycles. The van der Waals surface area contributed by atoms with Crippen LogP contribution in [0.5, 0.6) is 0 Å². The lowest BCUT2D eigenvalue weighted by molar-refractivity contribution is 0.222. The summed E-state index contributed by atoms with van der Waals surface area (Å²) < 4.78 is 1.31. The van der Waals surface area contributed by atoms with Crippen LogP contribution in [-0.2, 0) is 6.54 Å². The summed E-state index contributed by atoms with van der Waals surface area (Å²) in [5.74, 6) is 0. The Morgan fingerprint density at radius 2 is 1.67 bits per heavy atom. The quantitative estimate of drug-likeness (QED) is 0.744. The molecule has 0 aliphatic carbocycles. The lowest BCUT2D eigenvalue weighted by Crippen LogP contribution is -2.29. The first-order valence-corrected chi connectivity index (χ1v) is 6.70. The molecule has 0 aliphatic heterocycles. The molecule has 1 aromatic rings. The van der Waals surface area contributed by atoms with Crippen LogP contribution < -0.4 is 0 Å². The highest BCUT2D eigenvalue weighted by Crippen LogP contribution is 2.12. The molecular formula is C13H20IN. The Kier molecular flexibility index (Phi) is 5.61. The molecule has 1 nitrogen and oxygen atoms in total. The van der Waals surface area contributed by atoms with Gasteiger partial charge in [0.25, 0.3) is 0 Å². The van der Waals surface area contributed by atoms with Gasteiger partial charge in [0.2, 0.25) is 0 Å². The summed E-state index contributed by atoms with van der Waals surface area (Å²) in [6, 6.07) is 9.51. The SMILES string of the molecule is CCC(CC)N(C)Cc1ccc(I)cc1. The van der Waals surface area contributed by atoms with E-state index in [-0.39, 0.29) is 0 Å². The smallest absolute Gasteiger partial charge is 0.0233 e. The number of hydrogen-bond acceptors (Lipinski definition) is 1. The standard InChI is InChI=1S/C13H20IN/c1-4-13(5-2)15(3)10-11-6-8-12(14)9-7-11/h6-9,13H,4-5,10H2,1-3H3. The van der Waals surface area contributed by atoms with Gasteiger partial charge in [0, 0.05) is 16.2 Å². The number of nitrogens with zero attached hydrogens (tertiary/aromatic N) is 1. The van der Waals surface area contributed by atoms with Crippen molar-refractivity contribution in [1.82, 2.24) is 4.90 Å². The van der Waals surface area contributed by atoms with E-state index >= 15 is 0 Å². The van der Waals surface area contributed by atoms with Crippen LogP contribution in [0, 0.1) is 3.57 Å². The third kappa shape index (κ3) is 4.11. The fraction of sp³-hybridized carbons (Fsp3) is 0.538. The maximum absolute atomic E-state index is 2.45. The summed E-state index contributed by atoms with van der Waals surface area (Å²) in [5.41, 5.74) is 1.41. The minimum atomic E-state index is 0.712. The third-order valence-electron chi connectivity index (χ3n) is 2.91. The number of rotatable bonds is 5. The van der Waals surface area contributed by atoms with E-state index in [1.165, 1.54) is 22.0 Å². The Morgan fingerprint density at radius 3 is 2.13 bits per heavy atom. The molecule has 0 N–H and O–H groups in total. The lowest BCUT2D eigenvalue weighted by atomic mass is 10.1. The highest BCUT2D eigenvalue weighted by atomic mass is 127. The van der Waals surface area contributed by atoms with Gasteiger partial charge in [-0.25, -0.2) is 0 Å². The van der Waals surface area contributed by atoms with Crippen molar-refractivity contribution in [2.75, 3.05) is 7.05 Å². The van der Waals surface area contributed by atoms with Crippen molar-refractivity contribution in [2.45, 2.75) is 39.3 Å². The normalized spacial score (nSPS) is 11.3. The van der Waals surface area contributed by atoms with Crippen molar-refractivity contribution in [1.29, 1.82) is 0 Å². The molecule has 2 heteroatoms. The van der Waals surface area contributed by atoms with E-state index in [0.717, 1.165) is 6.54 Å². The minimum Gasteiger partial charge on any atom is -0.299 e. The van der Waals surface area contributed by atoms with Gasteiger partial charge in [-0.2, -0.15) is 0 Å². The molecule has 0 spiro atoms. The Balaban J connectivity index is 2.57. The van der Waals surface area contributed by atoms with Gasteiger partial charge in [0.1, 0.15) is 0 Å². The molecule has 0 amide bonds. The van der Waals surface area contributed by atoms with E-state index in [4.69, 9.17) is 0 Å². The molecule has 84 valence electrons. The Hall–Kier alpha value is -0.0900. The molecule has 0 atom stereocenters. The zero-order valence-corrected chi connectivity index (χ0v) is 12.0. The van der Waals surface area contributed by atoms with Gasteiger partial charge in [-0.05, 0) is 60.2 Å². The summed E-state index contributed by atoms with van der Waals surface area (Å²) in [7, 11) is 2.22. The van der Waals surface area contributed by atoms with Crippen LogP contribution in [0.2, 0.25) is 0 Å². The van der Waals surface area contributed by atoms with Crippen LogP contribution in [0.1, 0.15) is 32.3 Å². The van der Waals surface area contributed by atoms with Gasteiger partial charge < -0.3 is 0 Å². The Labute approximate surface area is 107 Å². The molecular weight excluding hydrogens is 297 g/mol. The average Bonchev–Trinajstić information content (AvgIpc) is 2.23. The van der Waals surface area contributed by atoms with Crippen molar-refractivity contribution < 1.29 is 0 Å². The molecule has 1 rings (SSSR count). The molecule has 1 aromatic carbocycles. The van der Waals surface area contributed by atoms with Crippen molar-refractivity contribution in [3.8, 4) is 0 Å². The summed E-state index contributed by atoms with van der Waals surface area (Å²) in [5, 5.41) is 0. The molecule has 0 saturated carbocycles. The monoisotopic (exact) mass is 317 g/mol. The van der Waals surface area contributed by atoms with Gasteiger partial charge in [-0.1, -0.05) is 26.0 Å². The van der Waals surface area contributed by atoms with Crippen LogP contribution in [-0.4, -0.2) is 18.0 Å². The second-order valence-electron chi connectivity index (χ2n) is 4.01. The Morgan fingerprint density at radius 1 is 1.13 bits per heavy atom. The highest BCUT2D eigenvalue weighted by molar-refractivity contribution is 14.1. The summed E-state index contributed by atoms with van der Waals surface area (Å²) >= 11 is 2.34. The van der Waals surface area contributed by atoms with E-state index in [9.17, 15) is 0 Å². The van der Waals surface area contributed by atoms with Crippen LogP contribution in [0.4, 0.5) is 0 Å². The lowest BCUT2D eigenvalue weighted by Gasteiger charge is -2.26. The first kappa shape index (κ1) is 13.0. The number of hydrogen-bond donors (Lipinski definition) is 0. The highest BCUT2D eigenvalue weighted by Gasteiger charge is 2.10. The average molecular weight is 317 g/mol. The fourth-order valence-electron chi connectivity index (χ4n) is 1.92. The van der Waals surface area contributed by atoms with Crippen molar-refractivity contribution in [3.63, 3.8) is 0 Å². The second-order valence-corrected chi connectivity index (χ2v) is 5.26. The van der Waals surface area contributed by atoms with E-state index in [0.29, 0.717) is 6.04 Å². The summed E-state index contributed by atoms with van der Waals surface area (Å²) in [4.78, 5) is 2.45. The van der Waals surface area contributed by atoms with Gasteiger partial charge in [-0.15, -0.1) is 0 Å². The van der Waals surface area contributed by atoms with Crippen molar-refractivity contribution in [2.24, 2.45) is 0 Å². The molecule has 0 unspecified atom stereocenters. The van der Waals surface area contributed by atoms with E-state index < -0.39 is 0 Å². The van der Waals surface area contributed by atoms with E-state index in [1.807, 2.05) is 0 Å². The van der Waals surface area contributed by atoms with Gasteiger partial charge in [0.15, 0.2) is 0 Å². The second kappa shape index (κ2) is 6.48. The zero-order valence-electron chi connectivity index (χ0n) is 9.83. The van der Waals surface area contributed by atoms with Crippen molar-refractivity contribution in [3.05, 3.63) is 33.4 Å². The number of halogens is 1. The maximum atomic E-state index is 2.45. The first-order valence-electron chi connectivity index (χ1n) is 5.62. The van der Waals surface area contributed by atoms with Gasteiger partial charge >= 0.3 is 0 Å². The van der Waals surface area contributed by atoms with Gasteiger partial charge in [0.05, 0.1) is 0 Å². The first-order chi connectivity index (χ1) is 7.17. The zero-order chi connectivity index (χ0) is 11.3. The fourth-order valence-corrected chi connectivity index (χ4v) is 2.28. The third-order valence-corrected chi connectivity index (χ3v) is 3.63. The molecule has 15 heavy (non-hydrogen) atoms. The topological polar surface area (TPSA) is 3.24 Å². The molecule has 0 radical (unpaired) electrons. The molecule has 0 heterocycles. The Bertz CT molecular complexity index is 277.